The molecule has 0 atom stereocenters. The Balaban J connectivity index is 2.51. The van der Waals surface area contributed by atoms with Crippen molar-refractivity contribution in [3.63, 3.8) is 0 Å². The summed E-state index contributed by atoms with van der Waals surface area (Å²) in [5.41, 5.74) is 1.23. The van der Waals surface area contributed by atoms with Gasteiger partial charge in [-0.1, -0.05) is 26.7 Å². The maximum Gasteiger partial charge on any atom is 0.122 e. The molecule has 3 heteroatoms. The molecule has 0 saturated heterocycles. The Morgan fingerprint density at radius 3 is 2.89 bits per heavy atom. The van der Waals surface area contributed by atoms with Crippen LogP contribution in [-0.2, 0) is 13.1 Å². The van der Waals surface area contributed by atoms with E-state index < -0.39 is 0 Å². The van der Waals surface area contributed by atoms with Crippen molar-refractivity contribution in [2.24, 2.45) is 5.92 Å². The Morgan fingerprint density at radius 2 is 2.28 bits per heavy atom. The highest BCUT2D eigenvalue weighted by Gasteiger charge is 2.09. The molecule has 1 aromatic rings. The van der Waals surface area contributed by atoms with Crippen LogP contribution in [0.25, 0.3) is 0 Å². The van der Waals surface area contributed by atoms with Crippen LogP contribution in [0, 0.1) is 18.3 Å². The van der Waals surface area contributed by atoms with Crippen molar-refractivity contribution in [1.29, 1.82) is 0 Å². The first kappa shape index (κ1) is 14.8. The summed E-state index contributed by atoms with van der Waals surface area (Å²) in [7, 11) is 0. The monoisotopic (exact) mass is 248 g/mol. The van der Waals surface area contributed by atoms with Crippen LogP contribution in [0.5, 0.6) is 0 Å². The van der Waals surface area contributed by atoms with Gasteiger partial charge in [-0.2, -0.15) is 0 Å². The van der Waals surface area contributed by atoms with Crippen molar-refractivity contribution in [1.82, 2.24) is 10.2 Å². The van der Waals surface area contributed by atoms with Crippen LogP contribution < -0.4 is 5.32 Å². The van der Waals surface area contributed by atoms with E-state index >= 15 is 0 Å². The molecule has 0 spiro atoms. The average molecular weight is 248 g/mol. The third-order valence-electron chi connectivity index (χ3n) is 2.83. The lowest BCUT2D eigenvalue weighted by Crippen LogP contribution is -2.24. The topological polar surface area (TPSA) is 28.4 Å². The van der Waals surface area contributed by atoms with Crippen molar-refractivity contribution < 1.29 is 4.42 Å². The van der Waals surface area contributed by atoms with Crippen molar-refractivity contribution in [2.45, 2.75) is 33.9 Å². The number of nitrogens with zero attached hydrogens (tertiary/aromatic N) is 1. The molecule has 1 N–H and O–H groups in total. The summed E-state index contributed by atoms with van der Waals surface area (Å²) in [6, 6.07) is 2.03. The molecule has 0 aliphatic heterocycles. The van der Waals surface area contributed by atoms with E-state index in [1.54, 1.807) is 6.26 Å². The summed E-state index contributed by atoms with van der Waals surface area (Å²) in [6.07, 6.45) is 7.11. The zero-order chi connectivity index (χ0) is 13.4. The highest BCUT2D eigenvalue weighted by molar-refractivity contribution is 5.17. The molecule has 0 aliphatic rings. The van der Waals surface area contributed by atoms with Gasteiger partial charge in [0.05, 0.1) is 19.4 Å². The second-order valence-electron chi connectivity index (χ2n) is 4.90. The van der Waals surface area contributed by atoms with Gasteiger partial charge < -0.3 is 9.73 Å². The lowest BCUT2D eigenvalue weighted by Gasteiger charge is -2.17. The lowest BCUT2D eigenvalue weighted by atomic mass is 10.2. The van der Waals surface area contributed by atoms with E-state index in [0.717, 1.165) is 31.9 Å². The van der Waals surface area contributed by atoms with Gasteiger partial charge in [-0.05, 0) is 25.1 Å². The maximum absolute atomic E-state index is 5.53. The summed E-state index contributed by atoms with van der Waals surface area (Å²) >= 11 is 0. The summed E-state index contributed by atoms with van der Waals surface area (Å²) < 4.78 is 5.53. The zero-order valence-electron chi connectivity index (χ0n) is 11.7. The van der Waals surface area contributed by atoms with Crippen molar-refractivity contribution in [2.75, 3.05) is 19.6 Å². The van der Waals surface area contributed by atoms with Gasteiger partial charge >= 0.3 is 0 Å². The fourth-order valence-corrected chi connectivity index (χ4v) is 1.79. The Kier molecular flexibility index (Phi) is 6.56. The largest absolute Gasteiger partial charge is 0.468 e. The molecule has 0 bridgehead atoms. The van der Waals surface area contributed by atoms with Crippen LogP contribution >= 0.6 is 0 Å². The number of terminal acetylenes is 1. The molecule has 0 radical (unpaired) electrons. The minimum Gasteiger partial charge on any atom is -0.468 e. The fourth-order valence-electron chi connectivity index (χ4n) is 1.79. The first-order chi connectivity index (χ1) is 8.67. The second-order valence-corrected chi connectivity index (χ2v) is 4.90. The number of hydrogen-bond donors (Lipinski definition) is 1. The van der Waals surface area contributed by atoms with Crippen LogP contribution in [0.15, 0.2) is 16.7 Å². The zero-order valence-corrected chi connectivity index (χ0v) is 11.7. The molecule has 100 valence electrons. The molecule has 0 fully saturated rings. The van der Waals surface area contributed by atoms with Gasteiger partial charge in [0.2, 0.25) is 0 Å². The molecule has 1 heterocycles. The standard InChI is InChI=1S/C15H24N2O/c1-5-8-17(6-2)12-14-7-9-18-15(14)11-16-10-13(3)4/h1,7,9,13,16H,6,8,10-12H2,2-4H3. The number of furan rings is 1. The van der Waals surface area contributed by atoms with Crippen molar-refractivity contribution in [3.8, 4) is 12.3 Å². The fraction of sp³-hybridized carbons (Fsp3) is 0.600. The van der Waals surface area contributed by atoms with Crippen LogP contribution in [-0.4, -0.2) is 24.5 Å². The van der Waals surface area contributed by atoms with E-state index in [2.05, 4.69) is 36.9 Å². The first-order valence-corrected chi connectivity index (χ1v) is 6.59. The second kappa shape index (κ2) is 7.97. The molecule has 0 aromatic carbocycles. The van der Waals surface area contributed by atoms with Gasteiger partial charge in [0.25, 0.3) is 0 Å². The summed E-state index contributed by atoms with van der Waals surface area (Å²) in [4.78, 5) is 2.22. The molecular weight excluding hydrogens is 224 g/mol. The van der Waals surface area contributed by atoms with Gasteiger partial charge in [-0.25, -0.2) is 0 Å². The van der Waals surface area contributed by atoms with E-state index in [9.17, 15) is 0 Å². The third-order valence-corrected chi connectivity index (χ3v) is 2.83. The Labute approximate surface area is 111 Å². The molecular formula is C15H24N2O. The predicted molar refractivity (Wildman–Crippen MR) is 75.0 cm³/mol. The van der Waals surface area contributed by atoms with Gasteiger partial charge in [-0.15, -0.1) is 6.42 Å². The SMILES string of the molecule is C#CCN(CC)Cc1ccoc1CNCC(C)C. The highest BCUT2D eigenvalue weighted by Crippen LogP contribution is 2.13. The molecule has 3 nitrogen and oxygen atoms in total. The van der Waals surface area contributed by atoms with Crippen LogP contribution in [0.4, 0.5) is 0 Å². The molecule has 1 aromatic heterocycles. The average Bonchev–Trinajstić information content (AvgIpc) is 2.75. The molecule has 0 unspecified atom stereocenters. The molecule has 0 saturated carbocycles. The van der Waals surface area contributed by atoms with Crippen LogP contribution in [0.2, 0.25) is 0 Å². The van der Waals surface area contributed by atoms with Crippen molar-refractivity contribution >= 4 is 0 Å². The predicted octanol–water partition coefficient (Wildman–Crippen LogP) is 2.48. The Morgan fingerprint density at radius 1 is 1.50 bits per heavy atom. The van der Waals surface area contributed by atoms with Crippen molar-refractivity contribution in [3.05, 3.63) is 23.7 Å². The third kappa shape index (κ3) is 4.95. The summed E-state index contributed by atoms with van der Waals surface area (Å²) in [5.74, 6) is 4.36. The van der Waals surface area contributed by atoms with Crippen LogP contribution in [0.1, 0.15) is 32.1 Å². The van der Waals surface area contributed by atoms with E-state index in [1.807, 2.05) is 6.07 Å². The van der Waals surface area contributed by atoms with Gasteiger partial charge in [0.15, 0.2) is 0 Å². The van der Waals surface area contributed by atoms with E-state index in [4.69, 9.17) is 10.8 Å². The highest BCUT2D eigenvalue weighted by atomic mass is 16.3. The normalized spacial score (nSPS) is 11.1. The van der Waals surface area contributed by atoms with Gasteiger partial charge in [0.1, 0.15) is 5.76 Å². The minimum absolute atomic E-state index is 0.650. The minimum atomic E-state index is 0.650. The molecule has 18 heavy (non-hydrogen) atoms. The smallest absolute Gasteiger partial charge is 0.122 e. The van der Waals surface area contributed by atoms with Crippen LogP contribution in [0.3, 0.4) is 0 Å². The van der Waals surface area contributed by atoms with E-state index in [0.29, 0.717) is 12.5 Å². The summed E-state index contributed by atoms with van der Waals surface area (Å²) in [5, 5.41) is 3.40. The maximum atomic E-state index is 5.53. The Hall–Kier alpha value is -1.24. The van der Waals surface area contributed by atoms with Gasteiger partial charge in [0, 0.05) is 12.1 Å². The van der Waals surface area contributed by atoms with E-state index in [1.165, 1.54) is 5.56 Å². The van der Waals surface area contributed by atoms with Gasteiger partial charge in [-0.3, -0.25) is 4.90 Å². The first-order valence-electron chi connectivity index (χ1n) is 6.59. The summed E-state index contributed by atoms with van der Waals surface area (Å²) in [6.45, 7) is 10.8. The molecule has 1 rings (SSSR count). The number of nitrogens with one attached hydrogen (secondary N) is 1. The van der Waals surface area contributed by atoms with E-state index in [-0.39, 0.29) is 0 Å². The lowest BCUT2D eigenvalue weighted by molar-refractivity contribution is 0.311. The molecule has 0 amide bonds. The Bertz CT molecular complexity index is 376. The number of hydrogen-bond acceptors (Lipinski definition) is 3. The number of rotatable bonds is 8. The quantitative estimate of drug-likeness (QED) is 0.716. The molecule has 0 aliphatic carbocycles.